The molecule has 0 bridgehead atoms. The van der Waals surface area contributed by atoms with E-state index in [4.69, 9.17) is 19.2 Å². The van der Waals surface area contributed by atoms with Gasteiger partial charge in [0.15, 0.2) is 5.82 Å². The zero-order valence-corrected chi connectivity index (χ0v) is 15.4. The molecule has 138 valence electrons. The highest BCUT2D eigenvalue weighted by Gasteiger charge is 2.39. The van der Waals surface area contributed by atoms with Crippen LogP contribution in [-0.2, 0) is 5.54 Å². The minimum atomic E-state index is -0.487. The van der Waals surface area contributed by atoms with E-state index in [2.05, 4.69) is 20.3 Å². The monoisotopic (exact) mass is 365 g/mol. The van der Waals surface area contributed by atoms with Gasteiger partial charge in [-0.1, -0.05) is 10.3 Å². The molecule has 8 heteroatoms. The Labute approximate surface area is 154 Å². The molecule has 1 saturated carbocycles. The fourth-order valence-corrected chi connectivity index (χ4v) is 3.60. The molecule has 1 aliphatic carbocycles. The van der Waals surface area contributed by atoms with Crippen molar-refractivity contribution in [1.29, 1.82) is 0 Å². The summed E-state index contributed by atoms with van der Waals surface area (Å²) in [5.41, 5.74) is 9.31. The molecule has 0 aliphatic heterocycles. The number of nitrogens with two attached hydrogens (primary N) is 1. The van der Waals surface area contributed by atoms with Crippen molar-refractivity contribution in [2.45, 2.75) is 45.6 Å². The van der Waals surface area contributed by atoms with Crippen molar-refractivity contribution in [2.24, 2.45) is 5.73 Å². The second-order valence-electron chi connectivity index (χ2n) is 7.26. The first-order chi connectivity index (χ1) is 12.9. The van der Waals surface area contributed by atoms with Crippen LogP contribution in [0, 0.1) is 20.8 Å². The van der Waals surface area contributed by atoms with Crippen LogP contribution < -0.4 is 5.73 Å². The summed E-state index contributed by atoms with van der Waals surface area (Å²) in [7, 11) is 0. The van der Waals surface area contributed by atoms with Crippen LogP contribution in [0.15, 0.2) is 25.6 Å². The third kappa shape index (κ3) is 2.40. The molecule has 0 amide bonds. The minimum Gasteiger partial charge on any atom is -0.466 e. The van der Waals surface area contributed by atoms with Crippen LogP contribution in [0.5, 0.6) is 0 Å². The van der Waals surface area contributed by atoms with E-state index in [0.29, 0.717) is 28.8 Å². The number of hydrogen-bond donors (Lipinski definition) is 1. The molecule has 4 heterocycles. The standard InChI is InChI=1S/C19H19N5O3/c1-9-7-12(11(3)25-9)14-8-13(15-10(2)23-27-17(15)21-14)16-22-18(24-26-16)19(20)5-4-6-19/h7-8H,4-6,20H2,1-3H3. The Hall–Kier alpha value is -3.00. The van der Waals surface area contributed by atoms with E-state index in [0.717, 1.165) is 47.3 Å². The maximum absolute atomic E-state index is 6.34. The van der Waals surface area contributed by atoms with E-state index in [1.54, 1.807) is 0 Å². The number of aryl methyl sites for hydroxylation is 3. The molecule has 5 rings (SSSR count). The number of fused-ring (bicyclic) bond motifs is 1. The van der Waals surface area contributed by atoms with Gasteiger partial charge in [-0.15, -0.1) is 0 Å². The largest absolute Gasteiger partial charge is 0.466 e. The molecule has 0 radical (unpaired) electrons. The third-order valence-corrected chi connectivity index (χ3v) is 5.28. The van der Waals surface area contributed by atoms with Crippen LogP contribution in [0.3, 0.4) is 0 Å². The second kappa shape index (κ2) is 5.50. The molecule has 8 nitrogen and oxygen atoms in total. The van der Waals surface area contributed by atoms with Crippen LogP contribution in [-0.4, -0.2) is 20.3 Å². The topological polar surface area (TPSA) is 117 Å². The van der Waals surface area contributed by atoms with Crippen molar-refractivity contribution < 1.29 is 13.5 Å². The molecule has 0 atom stereocenters. The molecule has 27 heavy (non-hydrogen) atoms. The number of aromatic nitrogens is 4. The van der Waals surface area contributed by atoms with E-state index in [1.807, 2.05) is 32.9 Å². The van der Waals surface area contributed by atoms with Crippen molar-refractivity contribution in [3.63, 3.8) is 0 Å². The Morgan fingerprint density at radius 3 is 2.48 bits per heavy atom. The van der Waals surface area contributed by atoms with Crippen molar-refractivity contribution in [3.8, 4) is 22.7 Å². The molecular weight excluding hydrogens is 346 g/mol. The van der Waals surface area contributed by atoms with Gasteiger partial charge in [-0.25, -0.2) is 4.98 Å². The smallest absolute Gasteiger partial charge is 0.259 e. The van der Waals surface area contributed by atoms with Crippen molar-refractivity contribution in [2.75, 3.05) is 0 Å². The van der Waals surface area contributed by atoms with E-state index >= 15 is 0 Å². The van der Waals surface area contributed by atoms with Crippen molar-refractivity contribution in [1.82, 2.24) is 20.3 Å². The number of hydrogen-bond acceptors (Lipinski definition) is 8. The first kappa shape index (κ1) is 16.2. The summed E-state index contributed by atoms with van der Waals surface area (Å²) >= 11 is 0. The van der Waals surface area contributed by atoms with Gasteiger partial charge < -0.3 is 19.2 Å². The lowest BCUT2D eigenvalue weighted by atomic mass is 9.77. The van der Waals surface area contributed by atoms with Gasteiger partial charge >= 0.3 is 0 Å². The second-order valence-corrected chi connectivity index (χ2v) is 7.26. The first-order valence-electron chi connectivity index (χ1n) is 8.92. The van der Waals surface area contributed by atoms with Gasteiger partial charge in [0, 0.05) is 5.56 Å². The maximum Gasteiger partial charge on any atom is 0.259 e. The SMILES string of the molecule is Cc1cc(-c2cc(-c3nc(C4(N)CCC4)no3)c3c(C)noc3n2)c(C)o1. The van der Waals surface area contributed by atoms with Crippen molar-refractivity contribution in [3.05, 3.63) is 35.2 Å². The Kier molecular flexibility index (Phi) is 3.30. The highest BCUT2D eigenvalue weighted by molar-refractivity contribution is 5.93. The predicted molar refractivity (Wildman–Crippen MR) is 96.7 cm³/mol. The molecular formula is C19H19N5O3. The molecule has 2 N–H and O–H groups in total. The summed E-state index contributed by atoms with van der Waals surface area (Å²) in [6.07, 6.45) is 2.80. The Morgan fingerprint density at radius 2 is 1.81 bits per heavy atom. The highest BCUT2D eigenvalue weighted by atomic mass is 16.5. The zero-order valence-electron chi connectivity index (χ0n) is 15.4. The third-order valence-electron chi connectivity index (χ3n) is 5.28. The minimum absolute atomic E-state index is 0.388. The Bertz CT molecular complexity index is 1170. The van der Waals surface area contributed by atoms with Crippen LogP contribution in [0.4, 0.5) is 0 Å². The van der Waals surface area contributed by atoms with Crippen LogP contribution in [0.25, 0.3) is 33.8 Å². The van der Waals surface area contributed by atoms with Gasteiger partial charge in [0.2, 0.25) is 0 Å². The average Bonchev–Trinajstić information content (AvgIpc) is 3.32. The van der Waals surface area contributed by atoms with E-state index in [-0.39, 0.29) is 0 Å². The van der Waals surface area contributed by atoms with E-state index in [1.165, 1.54) is 0 Å². The van der Waals surface area contributed by atoms with Gasteiger partial charge in [-0.3, -0.25) is 0 Å². The summed E-state index contributed by atoms with van der Waals surface area (Å²) < 4.78 is 16.6. The lowest BCUT2D eigenvalue weighted by Crippen LogP contribution is -2.44. The van der Waals surface area contributed by atoms with Crippen LogP contribution >= 0.6 is 0 Å². The summed E-state index contributed by atoms with van der Waals surface area (Å²) in [6, 6.07) is 3.85. The number of nitrogens with zero attached hydrogens (tertiary/aromatic N) is 4. The first-order valence-corrected chi connectivity index (χ1v) is 8.92. The molecule has 1 fully saturated rings. The summed E-state index contributed by atoms with van der Waals surface area (Å²) in [4.78, 5) is 9.19. The Morgan fingerprint density at radius 1 is 1.00 bits per heavy atom. The van der Waals surface area contributed by atoms with Gasteiger partial charge in [0.1, 0.15) is 11.5 Å². The van der Waals surface area contributed by atoms with Crippen LogP contribution in [0.2, 0.25) is 0 Å². The number of furan rings is 1. The maximum atomic E-state index is 6.34. The van der Waals surface area contributed by atoms with E-state index in [9.17, 15) is 0 Å². The summed E-state index contributed by atoms with van der Waals surface area (Å²) in [5, 5.41) is 8.94. The van der Waals surface area contributed by atoms with Crippen LogP contribution in [0.1, 0.15) is 42.3 Å². The predicted octanol–water partition coefficient (Wildman–Crippen LogP) is 3.80. The molecule has 0 saturated heterocycles. The molecule has 0 spiro atoms. The van der Waals surface area contributed by atoms with E-state index < -0.39 is 5.54 Å². The van der Waals surface area contributed by atoms with Gasteiger partial charge in [-0.2, -0.15) is 4.98 Å². The van der Waals surface area contributed by atoms with Gasteiger partial charge in [0.25, 0.3) is 11.6 Å². The molecule has 0 unspecified atom stereocenters. The fraction of sp³-hybridized carbons (Fsp3) is 0.368. The summed E-state index contributed by atoms with van der Waals surface area (Å²) in [5.74, 6) is 2.53. The Balaban J connectivity index is 1.71. The number of pyridine rings is 1. The van der Waals surface area contributed by atoms with Gasteiger partial charge in [0.05, 0.1) is 27.9 Å². The lowest BCUT2D eigenvalue weighted by Gasteiger charge is -2.34. The summed E-state index contributed by atoms with van der Waals surface area (Å²) in [6.45, 7) is 5.66. The average molecular weight is 365 g/mol. The molecule has 4 aromatic heterocycles. The molecule has 1 aliphatic rings. The highest BCUT2D eigenvalue weighted by Crippen LogP contribution is 2.39. The quantitative estimate of drug-likeness (QED) is 0.582. The van der Waals surface area contributed by atoms with Gasteiger partial charge in [-0.05, 0) is 52.2 Å². The lowest BCUT2D eigenvalue weighted by molar-refractivity contribution is 0.229. The number of rotatable bonds is 3. The van der Waals surface area contributed by atoms with Crippen molar-refractivity contribution >= 4 is 11.1 Å². The normalized spacial score (nSPS) is 16.0. The fourth-order valence-electron chi connectivity index (χ4n) is 3.60. The molecule has 0 aromatic carbocycles. The zero-order chi connectivity index (χ0) is 18.8. The molecule has 4 aromatic rings.